The predicted molar refractivity (Wildman–Crippen MR) is 59.4 cm³/mol. The summed E-state index contributed by atoms with van der Waals surface area (Å²) in [7, 11) is 0. The minimum atomic E-state index is -4.48. The lowest BCUT2D eigenvalue weighted by molar-refractivity contribution is -0.137. The van der Waals surface area contributed by atoms with E-state index in [2.05, 4.69) is 5.32 Å². The monoisotopic (exact) mass is 265 g/mol. The molecule has 0 saturated carbocycles. The van der Waals surface area contributed by atoms with Crippen molar-refractivity contribution in [3.63, 3.8) is 0 Å². The number of rotatable bonds is 3. The van der Waals surface area contributed by atoms with Gasteiger partial charge in [0.05, 0.1) is 5.56 Å². The van der Waals surface area contributed by atoms with E-state index in [1.165, 1.54) is 6.07 Å². The normalized spacial score (nSPS) is 16.9. The molecule has 6 heteroatoms. The molecule has 1 aliphatic heterocycles. The summed E-state index contributed by atoms with van der Waals surface area (Å²) in [6, 6.07) is 2.71. The van der Waals surface area contributed by atoms with Crippen LogP contribution >= 0.6 is 11.8 Å². The van der Waals surface area contributed by atoms with Gasteiger partial charge in [-0.3, -0.25) is 0 Å². The molecule has 17 heavy (non-hydrogen) atoms. The van der Waals surface area contributed by atoms with E-state index in [0.717, 1.165) is 19.2 Å². The predicted octanol–water partition coefficient (Wildman–Crippen LogP) is 3.05. The molecule has 0 atom stereocenters. The van der Waals surface area contributed by atoms with Crippen molar-refractivity contribution in [2.75, 3.05) is 13.1 Å². The van der Waals surface area contributed by atoms with Gasteiger partial charge in [-0.15, -0.1) is 0 Å². The number of benzene rings is 1. The quantitative estimate of drug-likeness (QED) is 0.843. The number of thioether (sulfide) groups is 1. The van der Waals surface area contributed by atoms with Gasteiger partial charge in [-0.25, -0.2) is 4.39 Å². The van der Waals surface area contributed by atoms with E-state index < -0.39 is 17.6 Å². The van der Waals surface area contributed by atoms with Crippen LogP contribution in [0.5, 0.6) is 0 Å². The minimum Gasteiger partial charge on any atom is -0.314 e. The second-order valence-corrected chi connectivity index (χ2v) is 5.18. The van der Waals surface area contributed by atoms with E-state index in [1.807, 2.05) is 0 Å². The maximum Gasteiger partial charge on any atom is 0.416 e. The lowest BCUT2D eigenvalue weighted by Gasteiger charge is -2.26. The first kappa shape index (κ1) is 12.7. The maximum absolute atomic E-state index is 13.4. The van der Waals surface area contributed by atoms with E-state index in [0.29, 0.717) is 22.6 Å². The first-order chi connectivity index (χ1) is 7.97. The lowest BCUT2D eigenvalue weighted by atomic mass is 10.1. The molecule has 0 spiro atoms. The molecule has 0 amide bonds. The van der Waals surface area contributed by atoms with Crippen LogP contribution in [-0.4, -0.2) is 18.3 Å². The molecule has 1 fully saturated rings. The largest absolute Gasteiger partial charge is 0.416 e. The Morgan fingerprint density at radius 1 is 1.29 bits per heavy atom. The highest BCUT2D eigenvalue weighted by atomic mass is 32.2. The fraction of sp³-hybridized carbons (Fsp3) is 0.455. The second kappa shape index (κ2) is 4.86. The maximum atomic E-state index is 13.4. The summed E-state index contributed by atoms with van der Waals surface area (Å²) in [5.74, 6) is -0.365. The van der Waals surface area contributed by atoms with Gasteiger partial charge in [0.2, 0.25) is 0 Å². The summed E-state index contributed by atoms with van der Waals surface area (Å²) >= 11 is 1.56. The molecular formula is C11H11F4NS. The Morgan fingerprint density at radius 3 is 2.47 bits per heavy atom. The van der Waals surface area contributed by atoms with E-state index in [9.17, 15) is 17.6 Å². The number of alkyl halides is 3. The molecule has 0 aliphatic carbocycles. The van der Waals surface area contributed by atoms with Crippen molar-refractivity contribution in [1.82, 2.24) is 5.32 Å². The lowest BCUT2D eigenvalue weighted by Crippen LogP contribution is -2.44. The molecule has 0 unspecified atom stereocenters. The number of hydrogen-bond donors (Lipinski definition) is 1. The van der Waals surface area contributed by atoms with Crippen molar-refractivity contribution < 1.29 is 17.6 Å². The molecule has 1 N–H and O–H groups in total. The van der Waals surface area contributed by atoms with E-state index in [-0.39, 0.29) is 0 Å². The molecule has 1 aromatic carbocycles. The van der Waals surface area contributed by atoms with Gasteiger partial charge in [0.1, 0.15) is 5.82 Å². The third kappa shape index (κ3) is 3.13. The van der Waals surface area contributed by atoms with E-state index in [1.54, 1.807) is 11.8 Å². The fourth-order valence-corrected chi connectivity index (χ4v) is 2.55. The highest BCUT2D eigenvalue weighted by Crippen LogP contribution is 2.31. The first-order valence-corrected chi connectivity index (χ1v) is 6.19. The Morgan fingerprint density at radius 2 is 2.00 bits per heavy atom. The summed E-state index contributed by atoms with van der Waals surface area (Å²) in [5, 5.41) is 3.52. The van der Waals surface area contributed by atoms with Crippen molar-refractivity contribution in [3.8, 4) is 0 Å². The third-order valence-corrected chi connectivity index (χ3v) is 3.88. The highest BCUT2D eigenvalue weighted by molar-refractivity contribution is 7.99. The van der Waals surface area contributed by atoms with Crippen LogP contribution in [0.1, 0.15) is 11.1 Å². The highest BCUT2D eigenvalue weighted by Gasteiger charge is 2.31. The molecule has 1 saturated heterocycles. The molecule has 0 bridgehead atoms. The van der Waals surface area contributed by atoms with Gasteiger partial charge in [0.15, 0.2) is 0 Å². The van der Waals surface area contributed by atoms with Gasteiger partial charge < -0.3 is 5.32 Å². The zero-order chi connectivity index (χ0) is 12.5. The van der Waals surface area contributed by atoms with Gasteiger partial charge in [-0.05, 0) is 17.7 Å². The second-order valence-electron chi connectivity index (χ2n) is 3.90. The topological polar surface area (TPSA) is 12.0 Å². The van der Waals surface area contributed by atoms with Crippen LogP contribution in [0.2, 0.25) is 0 Å². The fourth-order valence-electron chi connectivity index (χ4n) is 1.43. The van der Waals surface area contributed by atoms with Gasteiger partial charge in [0, 0.05) is 24.1 Å². The van der Waals surface area contributed by atoms with Crippen LogP contribution in [0, 0.1) is 5.82 Å². The summed E-state index contributed by atoms with van der Waals surface area (Å²) < 4.78 is 50.3. The Hall–Kier alpha value is -0.750. The molecule has 1 heterocycles. The molecule has 0 radical (unpaired) electrons. The Bertz CT molecular complexity index is 401. The smallest absolute Gasteiger partial charge is 0.314 e. The summed E-state index contributed by atoms with van der Waals surface area (Å²) in [4.78, 5) is 0. The first-order valence-electron chi connectivity index (χ1n) is 5.15. The van der Waals surface area contributed by atoms with E-state index in [4.69, 9.17) is 0 Å². The van der Waals surface area contributed by atoms with Crippen molar-refractivity contribution in [2.45, 2.75) is 17.2 Å². The van der Waals surface area contributed by atoms with Crippen LogP contribution < -0.4 is 5.32 Å². The molecule has 0 aromatic heterocycles. The zero-order valence-corrected chi connectivity index (χ0v) is 9.67. The van der Waals surface area contributed by atoms with Gasteiger partial charge >= 0.3 is 6.18 Å². The molecular weight excluding hydrogens is 254 g/mol. The minimum absolute atomic E-state index is 0.329. The van der Waals surface area contributed by atoms with Crippen LogP contribution in [0.25, 0.3) is 0 Å². The van der Waals surface area contributed by atoms with Crippen LogP contribution in [0.3, 0.4) is 0 Å². The van der Waals surface area contributed by atoms with Gasteiger partial charge in [-0.2, -0.15) is 24.9 Å². The standard InChI is InChI=1S/C11H11F4NS/c12-10-3-8(11(13,14)15)2-1-7(10)6-17-9-4-16-5-9/h1-3,9,16H,4-6H2. The average Bonchev–Trinajstić information content (AvgIpc) is 2.16. The SMILES string of the molecule is Fc1cc(C(F)(F)F)ccc1CSC1CNC1. The van der Waals surface area contributed by atoms with Crippen molar-refractivity contribution in [1.29, 1.82) is 0 Å². The molecule has 1 aliphatic rings. The van der Waals surface area contributed by atoms with Gasteiger partial charge in [0.25, 0.3) is 0 Å². The molecule has 2 rings (SSSR count). The van der Waals surface area contributed by atoms with E-state index >= 15 is 0 Å². The van der Waals surface area contributed by atoms with Crippen molar-refractivity contribution in [2.24, 2.45) is 0 Å². The van der Waals surface area contributed by atoms with Crippen molar-refractivity contribution >= 4 is 11.8 Å². The number of halogens is 4. The zero-order valence-electron chi connectivity index (χ0n) is 8.85. The Labute approximate surface area is 101 Å². The average molecular weight is 265 g/mol. The Kier molecular flexibility index (Phi) is 3.63. The molecule has 94 valence electrons. The van der Waals surface area contributed by atoms with Crippen LogP contribution in [-0.2, 0) is 11.9 Å². The number of nitrogens with one attached hydrogen (secondary N) is 1. The number of hydrogen-bond acceptors (Lipinski definition) is 2. The molecule has 1 aromatic rings. The van der Waals surface area contributed by atoms with Crippen molar-refractivity contribution in [3.05, 3.63) is 35.1 Å². The van der Waals surface area contributed by atoms with Crippen LogP contribution in [0.15, 0.2) is 18.2 Å². The van der Waals surface area contributed by atoms with Crippen LogP contribution in [0.4, 0.5) is 17.6 Å². The third-order valence-electron chi connectivity index (χ3n) is 2.60. The summed E-state index contributed by atoms with van der Waals surface area (Å²) in [5.41, 5.74) is -0.607. The molecule has 1 nitrogen and oxygen atoms in total. The summed E-state index contributed by atoms with van der Waals surface area (Å²) in [6.07, 6.45) is -4.48. The Balaban J connectivity index is 2.03. The summed E-state index contributed by atoms with van der Waals surface area (Å²) in [6.45, 7) is 1.76. The van der Waals surface area contributed by atoms with Gasteiger partial charge in [-0.1, -0.05) is 6.07 Å².